The van der Waals surface area contributed by atoms with E-state index in [4.69, 9.17) is 4.74 Å². The second kappa shape index (κ2) is 4.53. The topological polar surface area (TPSA) is 58.6 Å². The molecular formula is C13H22N2O3. The van der Waals surface area contributed by atoms with Crippen molar-refractivity contribution in [1.82, 2.24) is 10.2 Å². The van der Waals surface area contributed by atoms with Crippen LogP contribution in [0, 0.1) is 5.41 Å². The van der Waals surface area contributed by atoms with E-state index in [0.29, 0.717) is 6.54 Å². The number of carbonyl (C=O) groups is 2. The first-order valence-corrected chi connectivity index (χ1v) is 6.48. The molecule has 102 valence electrons. The fourth-order valence-electron chi connectivity index (χ4n) is 2.60. The van der Waals surface area contributed by atoms with Crippen LogP contribution in [0.3, 0.4) is 0 Å². The van der Waals surface area contributed by atoms with Crippen LogP contribution in [0.15, 0.2) is 0 Å². The van der Waals surface area contributed by atoms with E-state index in [2.05, 4.69) is 5.32 Å². The van der Waals surface area contributed by atoms with E-state index < -0.39 is 5.54 Å². The van der Waals surface area contributed by atoms with Gasteiger partial charge in [-0.15, -0.1) is 0 Å². The van der Waals surface area contributed by atoms with Gasteiger partial charge in [-0.1, -0.05) is 0 Å². The monoisotopic (exact) mass is 254 g/mol. The molecule has 0 aromatic heterocycles. The molecule has 1 heterocycles. The molecule has 1 saturated carbocycles. The lowest BCUT2D eigenvalue weighted by atomic mass is 9.96. The summed E-state index contributed by atoms with van der Waals surface area (Å²) in [5, 5.41) is 2.73. The number of nitrogens with zero attached hydrogens (tertiary/aromatic N) is 1. The Morgan fingerprint density at radius 2 is 2.00 bits per heavy atom. The molecule has 18 heavy (non-hydrogen) atoms. The minimum atomic E-state index is -0.771. The molecule has 1 N–H and O–H groups in total. The number of rotatable bonds is 5. The Hall–Kier alpha value is -1.10. The predicted octanol–water partition coefficient (Wildman–Crippen LogP) is 0.540. The van der Waals surface area contributed by atoms with Crippen molar-refractivity contribution in [3.63, 3.8) is 0 Å². The van der Waals surface area contributed by atoms with Crippen molar-refractivity contribution >= 4 is 11.8 Å². The molecule has 0 unspecified atom stereocenters. The Balaban J connectivity index is 2.00. The van der Waals surface area contributed by atoms with Gasteiger partial charge >= 0.3 is 0 Å². The quantitative estimate of drug-likeness (QED) is 0.779. The van der Waals surface area contributed by atoms with Crippen molar-refractivity contribution in [3.8, 4) is 0 Å². The number of methoxy groups -OCH3 is 1. The number of carbonyl (C=O) groups excluding carboxylic acids is 2. The summed E-state index contributed by atoms with van der Waals surface area (Å²) in [4.78, 5) is 25.6. The zero-order valence-corrected chi connectivity index (χ0v) is 11.4. The maximum Gasteiger partial charge on any atom is 0.248 e. The van der Waals surface area contributed by atoms with Crippen LogP contribution in [-0.4, -0.2) is 49.1 Å². The van der Waals surface area contributed by atoms with Crippen LogP contribution in [-0.2, 0) is 14.3 Å². The van der Waals surface area contributed by atoms with Crippen molar-refractivity contribution in [2.45, 2.75) is 38.6 Å². The van der Waals surface area contributed by atoms with E-state index >= 15 is 0 Å². The summed E-state index contributed by atoms with van der Waals surface area (Å²) in [5.41, 5.74) is -0.577. The van der Waals surface area contributed by atoms with Gasteiger partial charge in [-0.05, 0) is 38.5 Å². The Kier molecular flexibility index (Phi) is 3.36. The minimum absolute atomic E-state index is 0.0193. The summed E-state index contributed by atoms with van der Waals surface area (Å²) < 4.78 is 5.11. The van der Waals surface area contributed by atoms with Gasteiger partial charge in [0.25, 0.3) is 0 Å². The SMILES string of the molecule is COCCC1(CN2CC(=O)NC(C)(C)C2=O)CC1. The first-order valence-electron chi connectivity index (χ1n) is 6.48. The Morgan fingerprint density at radius 3 is 2.56 bits per heavy atom. The van der Waals surface area contributed by atoms with Crippen molar-refractivity contribution in [1.29, 1.82) is 0 Å². The van der Waals surface area contributed by atoms with Crippen LogP contribution >= 0.6 is 0 Å². The largest absolute Gasteiger partial charge is 0.385 e. The molecule has 0 bridgehead atoms. The third-order valence-electron chi connectivity index (χ3n) is 3.93. The second-order valence-corrected chi connectivity index (χ2v) is 6.08. The number of nitrogens with one attached hydrogen (secondary N) is 1. The van der Waals surface area contributed by atoms with Gasteiger partial charge in [0, 0.05) is 20.3 Å². The third-order valence-corrected chi connectivity index (χ3v) is 3.93. The molecule has 2 fully saturated rings. The molecule has 0 spiro atoms. The van der Waals surface area contributed by atoms with Gasteiger partial charge in [-0.2, -0.15) is 0 Å². The molecule has 2 aliphatic rings. The summed E-state index contributed by atoms with van der Waals surface area (Å²) in [7, 11) is 1.69. The van der Waals surface area contributed by atoms with Crippen LogP contribution in [0.5, 0.6) is 0 Å². The molecule has 0 radical (unpaired) electrons. The highest BCUT2D eigenvalue weighted by molar-refractivity contribution is 5.97. The normalized spacial score (nSPS) is 24.9. The summed E-state index contributed by atoms with van der Waals surface area (Å²) in [6, 6.07) is 0. The maximum atomic E-state index is 12.3. The summed E-state index contributed by atoms with van der Waals surface area (Å²) in [6.45, 7) is 5.11. The summed E-state index contributed by atoms with van der Waals surface area (Å²) >= 11 is 0. The van der Waals surface area contributed by atoms with E-state index in [-0.39, 0.29) is 23.8 Å². The van der Waals surface area contributed by atoms with Gasteiger partial charge < -0.3 is 15.0 Å². The van der Waals surface area contributed by atoms with Gasteiger partial charge in [0.15, 0.2) is 0 Å². The minimum Gasteiger partial charge on any atom is -0.385 e. The van der Waals surface area contributed by atoms with Gasteiger partial charge in [-0.25, -0.2) is 0 Å². The van der Waals surface area contributed by atoms with Crippen LogP contribution in [0.1, 0.15) is 33.1 Å². The lowest BCUT2D eigenvalue weighted by Crippen LogP contribution is -2.64. The van der Waals surface area contributed by atoms with Crippen molar-refractivity contribution in [3.05, 3.63) is 0 Å². The third kappa shape index (κ3) is 2.66. The van der Waals surface area contributed by atoms with Crippen LogP contribution in [0.4, 0.5) is 0 Å². The molecule has 1 aliphatic carbocycles. The highest BCUT2D eigenvalue weighted by Gasteiger charge is 2.47. The van der Waals surface area contributed by atoms with E-state index in [0.717, 1.165) is 25.9 Å². The molecule has 0 atom stereocenters. The first kappa shape index (κ1) is 13.3. The number of hydrogen-bond donors (Lipinski definition) is 1. The van der Waals surface area contributed by atoms with Crippen LogP contribution in [0.2, 0.25) is 0 Å². The number of amides is 2. The predicted molar refractivity (Wildman–Crippen MR) is 67.0 cm³/mol. The lowest BCUT2D eigenvalue weighted by molar-refractivity contribution is -0.149. The molecule has 2 amide bonds. The highest BCUT2D eigenvalue weighted by Crippen LogP contribution is 2.49. The van der Waals surface area contributed by atoms with E-state index in [1.807, 2.05) is 0 Å². The standard InChI is InChI=1S/C13H22N2O3/c1-12(2)11(17)15(8-10(16)14-12)9-13(4-5-13)6-7-18-3/h4-9H2,1-3H3,(H,14,16). The molecule has 1 aliphatic heterocycles. The molecular weight excluding hydrogens is 232 g/mol. The number of piperazine rings is 1. The smallest absolute Gasteiger partial charge is 0.248 e. The summed E-state index contributed by atoms with van der Waals surface area (Å²) in [5.74, 6) is -0.0482. The molecule has 0 aromatic rings. The second-order valence-electron chi connectivity index (χ2n) is 6.08. The zero-order valence-electron chi connectivity index (χ0n) is 11.4. The number of hydrogen-bond acceptors (Lipinski definition) is 3. The number of ether oxygens (including phenoxy) is 1. The molecule has 5 nitrogen and oxygen atoms in total. The average Bonchev–Trinajstić information content (AvgIpc) is 3.02. The molecule has 0 aromatic carbocycles. The molecule has 1 saturated heterocycles. The van der Waals surface area contributed by atoms with Gasteiger partial charge in [-0.3, -0.25) is 9.59 Å². The Morgan fingerprint density at radius 1 is 1.33 bits per heavy atom. The van der Waals surface area contributed by atoms with Crippen LogP contribution in [0.25, 0.3) is 0 Å². The van der Waals surface area contributed by atoms with E-state index in [9.17, 15) is 9.59 Å². The summed E-state index contributed by atoms with van der Waals surface area (Å²) in [6.07, 6.45) is 3.22. The Bertz CT molecular complexity index is 361. The maximum absolute atomic E-state index is 12.3. The van der Waals surface area contributed by atoms with Crippen LogP contribution < -0.4 is 5.32 Å². The van der Waals surface area contributed by atoms with Gasteiger partial charge in [0.2, 0.25) is 11.8 Å². The average molecular weight is 254 g/mol. The van der Waals surface area contributed by atoms with E-state index in [1.165, 1.54) is 0 Å². The molecule has 5 heteroatoms. The fourth-order valence-corrected chi connectivity index (χ4v) is 2.60. The lowest BCUT2D eigenvalue weighted by Gasteiger charge is -2.39. The van der Waals surface area contributed by atoms with Gasteiger partial charge in [0.1, 0.15) is 5.54 Å². The van der Waals surface area contributed by atoms with Crippen molar-refractivity contribution in [2.75, 3.05) is 26.8 Å². The molecule has 2 rings (SSSR count). The highest BCUT2D eigenvalue weighted by atomic mass is 16.5. The zero-order chi connectivity index (χ0) is 13.4. The Labute approximate surface area is 108 Å². The van der Waals surface area contributed by atoms with Crippen molar-refractivity contribution in [2.24, 2.45) is 5.41 Å². The van der Waals surface area contributed by atoms with Crippen molar-refractivity contribution < 1.29 is 14.3 Å². The fraction of sp³-hybridized carbons (Fsp3) is 0.846. The first-order chi connectivity index (χ1) is 8.38. The van der Waals surface area contributed by atoms with E-state index in [1.54, 1.807) is 25.9 Å². The van der Waals surface area contributed by atoms with Gasteiger partial charge in [0.05, 0.1) is 6.54 Å².